The van der Waals surface area contributed by atoms with Crippen LogP contribution in [0.25, 0.3) is 0 Å². The van der Waals surface area contributed by atoms with E-state index in [9.17, 15) is 9.59 Å². The summed E-state index contributed by atoms with van der Waals surface area (Å²) in [5, 5.41) is 3.04. The van der Waals surface area contributed by atoms with E-state index in [0.717, 1.165) is 11.3 Å². The van der Waals surface area contributed by atoms with Crippen molar-refractivity contribution in [1.29, 1.82) is 0 Å². The lowest BCUT2D eigenvalue weighted by Crippen LogP contribution is -2.37. The molecule has 1 N–H and O–H groups in total. The van der Waals surface area contributed by atoms with E-state index in [1.165, 1.54) is 0 Å². The lowest BCUT2D eigenvalue weighted by molar-refractivity contribution is -0.125. The van der Waals surface area contributed by atoms with Crippen molar-refractivity contribution < 1.29 is 14.3 Å². The minimum Gasteiger partial charge on any atom is -0.497 e. The molecule has 2 aromatic rings. The van der Waals surface area contributed by atoms with Crippen LogP contribution in [0.2, 0.25) is 0 Å². The number of methoxy groups -OCH3 is 1. The van der Waals surface area contributed by atoms with Gasteiger partial charge in [-0.3, -0.25) is 9.59 Å². The molecule has 5 nitrogen and oxygen atoms in total. The Morgan fingerprint density at radius 1 is 1.07 bits per heavy atom. The molecular weight excluding hydrogens is 352 g/mol. The SMILES string of the molecule is COc1ccc([C@H]2CN(C(=O)c3ccccc3)C[C@@H]2C(=O)NCC(C)C)cc1. The number of carbonyl (C=O) groups is 2. The molecule has 1 fully saturated rings. The first kappa shape index (κ1) is 19.9. The van der Waals surface area contributed by atoms with Crippen molar-refractivity contribution in [3.63, 3.8) is 0 Å². The van der Waals surface area contributed by atoms with Gasteiger partial charge in [0.15, 0.2) is 0 Å². The largest absolute Gasteiger partial charge is 0.497 e. The summed E-state index contributed by atoms with van der Waals surface area (Å²) in [7, 11) is 1.63. The van der Waals surface area contributed by atoms with Crippen LogP contribution >= 0.6 is 0 Å². The average Bonchev–Trinajstić information content (AvgIpc) is 3.17. The fraction of sp³-hybridized carbons (Fsp3) is 0.391. The third kappa shape index (κ3) is 4.53. The van der Waals surface area contributed by atoms with Crippen LogP contribution in [0.3, 0.4) is 0 Å². The summed E-state index contributed by atoms with van der Waals surface area (Å²) in [4.78, 5) is 27.6. The van der Waals surface area contributed by atoms with Crippen LogP contribution in [0.5, 0.6) is 5.75 Å². The zero-order chi connectivity index (χ0) is 20.1. The quantitative estimate of drug-likeness (QED) is 0.836. The van der Waals surface area contributed by atoms with Crippen LogP contribution in [0, 0.1) is 11.8 Å². The number of ether oxygens (including phenoxy) is 1. The molecule has 3 rings (SSSR count). The van der Waals surface area contributed by atoms with Gasteiger partial charge in [-0.25, -0.2) is 0 Å². The Hall–Kier alpha value is -2.82. The molecule has 0 bridgehead atoms. The second kappa shape index (κ2) is 8.91. The Morgan fingerprint density at radius 2 is 1.75 bits per heavy atom. The van der Waals surface area contributed by atoms with Gasteiger partial charge in [0.2, 0.25) is 5.91 Å². The molecule has 148 valence electrons. The number of hydrogen-bond acceptors (Lipinski definition) is 3. The predicted molar refractivity (Wildman–Crippen MR) is 109 cm³/mol. The molecule has 0 spiro atoms. The summed E-state index contributed by atoms with van der Waals surface area (Å²) in [5.74, 6) is 0.841. The van der Waals surface area contributed by atoms with E-state index in [4.69, 9.17) is 4.74 Å². The Morgan fingerprint density at radius 3 is 2.36 bits per heavy atom. The first-order valence-corrected chi connectivity index (χ1v) is 9.75. The fourth-order valence-electron chi connectivity index (χ4n) is 3.62. The molecule has 0 radical (unpaired) electrons. The molecule has 2 aromatic carbocycles. The maximum atomic E-state index is 12.9. The average molecular weight is 380 g/mol. The molecule has 28 heavy (non-hydrogen) atoms. The number of rotatable bonds is 6. The minimum atomic E-state index is -0.264. The van der Waals surface area contributed by atoms with Crippen molar-refractivity contribution >= 4 is 11.8 Å². The summed E-state index contributed by atoms with van der Waals surface area (Å²) in [6, 6.07) is 17.0. The van der Waals surface area contributed by atoms with Crippen molar-refractivity contribution in [3.8, 4) is 5.75 Å². The highest BCUT2D eigenvalue weighted by Gasteiger charge is 2.40. The zero-order valence-electron chi connectivity index (χ0n) is 16.7. The van der Waals surface area contributed by atoms with Gasteiger partial charge in [0.1, 0.15) is 5.75 Å². The highest BCUT2D eigenvalue weighted by Crippen LogP contribution is 2.34. The standard InChI is InChI=1S/C23H28N2O3/c1-16(2)13-24-22(26)21-15-25(23(27)18-7-5-4-6-8-18)14-20(21)17-9-11-19(28-3)12-10-17/h4-12,16,20-21H,13-15H2,1-3H3,(H,24,26)/t20-,21+/m1/s1. The zero-order valence-corrected chi connectivity index (χ0v) is 16.7. The maximum absolute atomic E-state index is 12.9. The minimum absolute atomic E-state index is 0.0119. The van der Waals surface area contributed by atoms with E-state index in [2.05, 4.69) is 19.2 Å². The Kier molecular flexibility index (Phi) is 6.34. The molecule has 5 heteroatoms. The van der Waals surface area contributed by atoms with Crippen LogP contribution in [-0.4, -0.2) is 43.5 Å². The summed E-state index contributed by atoms with van der Waals surface area (Å²) in [6.07, 6.45) is 0. The lowest BCUT2D eigenvalue weighted by Gasteiger charge is -2.19. The first-order valence-electron chi connectivity index (χ1n) is 9.75. The van der Waals surface area contributed by atoms with E-state index < -0.39 is 0 Å². The number of nitrogens with one attached hydrogen (secondary N) is 1. The second-order valence-corrected chi connectivity index (χ2v) is 7.70. The monoisotopic (exact) mass is 380 g/mol. The van der Waals surface area contributed by atoms with E-state index in [0.29, 0.717) is 31.1 Å². The summed E-state index contributed by atoms with van der Waals surface area (Å²) >= 11 is 0. The Bertz CT molecular complexity index is 802. The van der Waals surface area contributed by atoms with Crippen molar-refractivity contribution in [2.75, 3.05) is 26.7 Å². The van der Waals surface area contributed by atoms with Crippen LogP contribution in [0.4, 0.5) is 0 Å². The van der Waals surface area contributed by atoms with Gasteiger partial charge in [0, 0.05) is 31.1 Å². The number of likely N-dealkylation sites (tertiary alicyclic amines) is 1. The number of benzene rings is 2. The topological polar surface area (TPSA) is 58.6 Å². The fourth-order valence-corrected chi connectivity index (χ4v) is 3.62. The van der Waals surface area contributed by atoms with Crippen molar-refractivity contribution in [3.05, 3.63) is 65.7 Å². The lowest BCUT2D eigenvalue weighted by atomic mass is 9.88. The van der Waals surface area contributed by atoms with Gasteiger partial charge in [0.05, 0.1) is 13.0 Å². The van der Waals surface area contributed by atoms with Crippen LogP contribution in [0.1, 0.15) is 35.7 Å². The van der Waals surface area contributed by atoms with E-state index in [-0.39, 0.29) is 23.7 Å². The highest BCUT2D eigenvalue weighted by molar-refractivity contribution is 5.95. The summed E-state index contributed by atoms with van der Waals surface area (Å²) in [5.41, 5.74) is 1.70. The molecule has 0 saturated carbocycles. The first-order chi connectivity index (χ1) is 13.5. The number of amides is 2. The van der Waals surface area contributed by atoms with Gasteiger partial charge in [-0.05, 0) is 35.7 Å². The molecule has 2 amide bonds. The normalized spacial score (nSPS) is 18.9. The van der Waals surface area contributed by atoms with Crippen molar-refractivity contribution in [2.45, 2.75) is 19.8 Å². The smallest absolute Gasteiger partial charge is 0.253 e. The predicted octanol–water partition coefficient (Wildman–Crippen LogP) is 3.32. The molecule has 0 aliphatic carbocycles. The number of carbonyl (C=O) groups excluding carboxylic acids is 2. The van der Waals surface area contributed by atoms with Crippen LogP contribution in [-0.2, 0) is 4.79 Å². The van der Waals surface area contributed by atoms with Crippen LogP contribution < -0.4 is 10.1 Å². The molecule has 1 aliphatic heterocycles. The van der Waals surface area contributed by atoms with E-state index in [1.54, 1.807) is 12.0 Å². The number of nitrogens with zero attached hydrogens (tertiary/aromatic N) is 1. The van der Waals surface area contributed by atoms with E-state index >= 15 is 0 Å². The molecule has 1 saturated heterocycles. The Balaban J connectivity index is 1.83. The van der Waals surface area contributed by atoms with Gasteiger partial charge in [-0.2, -0.15) is 0 Å². The summed E-state index contributed by atoms with van der Waals surface area (Å²) < 4.78 is 5.24. The van der Waals surface area contributed by atoms with Gasteiger partial charge in [-0.15, -0.1) is 0 Å². The van der Waals surface area contributed by atoms with Gasteiger partial charge in [0.25, 0.3) is 5.91 Å². The van der Waals surface area contributed by atoms with Crippen molar-refractivity contribution in [1.82, 2.24) is 10.2 Å². The van der Waals surface area contributed by atoms with Gasteiger partial charge in [-0.1, -0.05) is 44.2 Å². The third-order valence-corrected chi connectivity index (χ3v) is 5.19. The molecule has 1 aliphatic rings. The van der Waals surface area contributed by atoms with E-state index in [1.807, 2.05) is 54.6 Å². The summed E-state index contributed by atoms with van der Waals surface area (Å²) in [6.45, 7) is 5.73. The highest BCUT2D eigenvalue weighted by atomic mass is 16.5. The molecule has 0 unspecified atom stereocenters. The molecule has 0 aromatic heterocycles. The molecular formula is C23H28N2O3. The van der Waals surface area contributed by atoms with Crippen molar-refractivity contribution in [2.24, 2.45) is 11.8 Å². The van der Waals surface area contributed by atoms with Gasteiger partial charge < -0.3 is 15.0 Å². The number of hydrogen-bond donors (Lipinski definition) is 1. The van der Waals surface area contributed by atoms with Gasteiger partial charge >= 0.3 is 0 Å². The molecule has 1 heterocycles. The van der Waals surface area contributed by atoms with Crippen LogP contribution in [0.15, 0.2) is 54.6 Å². The third-order valence-electron chi connectivity index (χ3n) is 5.19. The second-order valence-electron chi connectivity index (χ2n) is 7.70. The maximum Gasteiger partial charge on any atom is 0.253 e. The Labute approximate surface area is 166 Å². The molecule has 2 atom stereocenters.